The molecule has 6 heteroatoms. The van der Waals surface area contributed by atoms with Crippen molar-refractivity contribution >= 4 is 27.6 Å². The zero-order valence-electron chi connectivity index (χ0n) is 12.7. The van der Waals surface area contributed by atoms with Crippen LogP contribution in [-0.4, -0.2) is 28.0 Å². The first-order valence-corrected chi connectivity index (χ1v) is 7.41. The van der Waals surface area contributed by atoms with Gasteiger partial charge in [-0.05, 0) is 29.8 Å². The average Bonchev–Trinajstić information content (AvgIpc) is 2.59. The molecule has 20 heavy (non-hydrogen) atoms. The number of Topliss-reactive ketones (excluding diaryl/α,β-unsaturated/α-hetero) is 1. The molecule has 0 aliphatic carbocycles. The van der Waals surface area contributed by atoms with E-state index in [9.17, 15) is 9.59 Å². The number of nitrogens with zero attached hydrogens (tertiary/aromatic N) is 2. The number of nitrogens with one attached hydrogen (secondary N) is 1. The highest BCUT2D eigenvalue weighted by atomic mass is 79.9. The van der Waals surface area contributed by atoms with Crippen LogP contribution < -0.4 is 5.32 Å². The number of halogens is 1. The van der Waals surface area contributed by atoms with Gasteiger partial charge in [0.25, 0.3) is 0 Å². The van der Waals surface area contributed by atoms with Gasteiger partial charge in [-0.15, -0.1) is 0 Å². The van der Waals surface area contributed by atoms with Crippen LogP contribution in [0.15, 0.2) is 4.47 Å². The molecule has 1 amide bonds. The van der Waals surface area contributed by atoms with E-state index in [1.54, 1.807) is 4.68 Å². The van der Waals surface area contributed by atoms with Gasteiger partial charge in [-0.2, -0.15) is 5.10 Å². The maximum absolute atomic E-state index is 11.7. The van der Waals surface area contributed by atoms with E-state index in [0.717, 1.165) is 15.9 Å². The summed E-state index contributed by atoms with van der Waals surface area (Å²) in [5, 5.41) is 7.00. The minimum atomic E-state index is -0.423. The van der Waals surface area contributed by atoms with Crippen LogP contribution in [0.3, 0.4) is 0 Å². The largest absolute Gasteiger partial charge is 0.349 e. The van der Waals surface area contributed by atoms with Crippen molar-refractivity contribution < 1.29 is 9.59 Å². The Balaban J connectivity index is 2.44. The molecule has 1 heterocycles. The summed E-state index contributed by atoms with van der Waals surface area (Å²) in [5.41, 5.74) is 1.49. The molecule has 0 saturated carbocycles. The SMILES string of the molecule is Cc1nn(CCC(=O)NCC(=O)C(C)(C)C)c(C)c1Br. The molecule has 0 unspecified atom stereocenters. The van der Waals surface area contributed by atoms with E-state index in [0.29, 0.717) is 13.0 Å². The van der Waals surface area contributed by atoms with Crippen molar-refractivity contribution in [1.82, 2.24) is 15.1 Å². The standard InChI is InChI=1S/C14H22BrN3O2/c1-9-13(15)10(2)18(17-9)7-6-12(20)16-8-11(19)14(3,4)5/h6-8H2,1-5H3,(H,16,20). The van der Waals surface area contributed by atoms with Gasteiger partial charge in [-0.25, -0.2) is 0 Å². The van der Waals surface area contributed by atoms with Gasteiger partial charge in [0.2, 0.25) is 5.91 Å². The van der Waals surface area contributed by atoms with Crippen LogP contribution in [0.5, 0.6) is 0 Å². The molecule has 0 radical (unpaired) electrons. The Morgan fingerprint density at radius 1 is 1.30 bits per heavy atom. The van der Waals surface area contributed by atoms with Crippen LogP contribution in [0.25, 0.3) is 0 Å². The number of amides is 1. The fourth-order valence-electron chi connectivity index (χ4n) is 1.63. The first-order chi connectivity index (χ1) is 9.12. The van der Waals surface area contributed by atoms with E-state index in [1.807, 2.05) is 34.6 Å². The summed E-state index contributed by atoms with van der Waals surface area (Å²) in [7, 11) is 0. The molecule has 0 spiro atoms. The molecule has 0 atom stereocenters. The Morgan fingerprint density at radius 2 is 1.90 bits per heavy atom. The summed E-state index contributed by atoms with van der Waals surface area (Å²) >= 11 is 3.45. The summed E-state index contributed by atoms with van der Waals surface area (Å²) in [4.78, 5) is 23.4. The van der Waals surface area contributed by atoms with Crippen molar-refractivity contribution in [2.75, 3.05) is 6.54 Å². The Morgan fingerprint density at radius 3 is 2.35 bits per heavy atom. The zero-order valence-corrected chi connectivity index (χ0v) is 14.3. The zero-order chi connectivity index (χ0) is 15.5. The third kappa shape index (κ3) is 4.44. The van der Waals surface area contributed by atoms with E-state index in [1.165, 1.54) is 0 Å². The van der Waals surface area contributed by atoms with Crippen LogP contribution in [-0.2, 0) is 16.1 Å². The Hall–Kier alpha value is -1.17. The summed E-state index contributed by atoms with van der Waals surface area (Å²) in [6, 6.07) is 0. The van der Waals surface area contributed by atoms with Gasteiger partial charge in [0.15, 0.2) is 5.78 Å². The first-order valence-electron chi connectivity index (χ1n) is 6.62. The summed E-state index contributed by atoms with van der Waals surface area (Å²) in [6.45, 7) is 9.98. The molecule has 0 aliphatic rings. The highest BCUT2D eigenvalue weighted by molar-refractivity contribution is 9.10. The Bertz CT molecular complexity index is 515. The number of rotatable bonds is 5. The van der Waals surface area contributed by atoms with Crippen molar-refractivity contribution in [3.8, 4) is 0 Å². The third-order valence-electron chi connectivity index (χ3n) is 3.13. The smallest absolute Gasteiger partial charge is 0.222 e. The molecule has 1 aromatic heterocycles. The van der Waals surface area contributed by atoms with E-state index >= 15 is 0 Å². The number of aromatic nitrogens is 2. The van der Waals surface area contributed by atoms with Crippen molar-refractivity contribution in [2.24, 2.45) is 5.41 Å². The van der Waals surface area contributed by atoms with Crippen LogP contribution >= 0.6 is 15.9 Å². The molecule has 0 aromatic carbocycles. The molecule has 5 nitrogen and oxygen atoms in total. The predicted molar refractivity (Wildman–Crippen MR) is 81.5 cm³/mol. The number of ketones is 1. The first kappa shape index (κ1) is 16.9. The molecular formula is C14H22BrN3O2. The molecule has 0 fully saturated rings. The highest BCUT2D eigenvalue weighted by Gasteiger charge is 2.21. The van der Waals surface area contributed by atoms with Crippen molar-refractivity contribution in [1.29, 1.82) is 0 Å². The lowest BCUT2D eigenvalue weighted by Crippen LogP contribution is -2.35. The minimum absolute atomic E-state index is 0.0275. The van der Waals surface area contributed by atoms with Gasteiger partial charge in [0, 0.05) is 17.5 Å². The lowest BCUT2D eigenvalue weighted by molar-refractivity contribution is -0.129. The van der Waals surface area contributed by atoms with Gasteiger partial charge in [0.05, 0.1) is 23.3 Å². The average molecular weight is 344 g/mol. The molecule has 0 aliphatic heterocycles. The molecule has 1 aromatic rings. The van der Waals surface area contributed by atoms with Crippen LogP contribution in [0.4, 0.5) is 0 Å². The molecule has 1 rings (SSSR count). The summed E-state index contributed by atoms with van der Waals surface area (Å²) in [5.74, 6) is -0.106. The minimum Gasteiger partial charge on any atom is -0.349 e. The van der Waals surface area contributed by atoms with Gasteiger partial charge < -0.3 is 5.32 Å². The van der Waals surface area contributed by atoms with E-state index < -0.39 is 5.41 Å². The maximum Gasteiger partial charge on any atom is 0.222 e. The van der Waals surface area contributed by atoms with Gasteiger partial charge in [-0.1, -0.05) is 20.8 Å². The lowest BCUT2D eigenvalue weighted by Gasteiger charge is -2.16. The molecule has 1 N–H and O–H groups in total. The second-order valence-electron chi connectivity index (χ2n) is 5.91. The van der Waals surface area contributed by atoms with Crippen LogP contribution in [0, 0.1) is 19.3 Å². The summed E-state index contributed by atoms with van der Waals surface area (Å²) in [6.07, 6.45) is 0.311. The van der Waals surface area contributed by atoms with Crippen molar-refractivity contribution in [3.63, 3.8) is 0 Å². The number of aryl methyl sites for hydroxylation is 2. The molecule has 0 bridgehead atoms. The second-order valence-corrected chi connectivity index (χ2v) is 6.70. The summed E-state index contributed by atoms with van der Waals surface area (Å²) < 4.78 is 2.77. The quantitative estimate of drug-likeness (QED) is 0.892. The molecule has 112 valence electrons. The van der Waals surface area contributed by atoms with Crippen LogP contribution in [0.1, 0.15) is 38.6 Å². The normalized spacial score (nSPS) is 11.5. The topological polar surface area (TPSA) is 64.0 Å². The van der Waals surface area contributed by atoms with Crippen molar-refractivity contribution in [2.45, 2.75) is 47.6 Å². The van der Waals surface area contributed by atoms with Crippen LogP contribution in [0.2, 0.25) is 0 Å². The fourth-order valence-corrected chi connectivity index (χ4v) is 1.92. The van der Waals surface area contributed by atoms with E-state index in [4.69, 9.17) is 0 Å². The van der Waals surface area contributed by atoms with E-state index in [2.05, 4.69) is 26.3 Å². The van der Waals surface area contributed by atoms with Gasteiger partial charge in [0.1, 0.15) is 0 Å². The lowest BCUT2D eigenvalue weighted by atomic mass is 9.91. The maximum atomic E-state index is 11.7. The monoisotopic (exact) mass is 343 g/mol. The Labute approximate surface area is 128 Å². The Kier molecular flexibility index (Phi) is 5.50. The third-order valence-corrected chi connectivity index (χ3v) is 4.27. The number of hydrogen-bond acceptors (Lipinski definition) is 3. The number of carbonyl (C=O) groups is 2. The highest BCUT2D eigenvalue weighted by Crippen LogP contribution is 2.19. The van der Waals surface area contributed by atoms with E-state index in [-0.39, 0.29) is 18.2 Å². The molecular weight excluding hydrogens is 322 g/mol. The van der Waals surface area contributed by atoms with Gasteiger partial charge in [-0.3, -0.25) is 14.3 Å². The number of carbonyl (C=O) groups excluding carboxylic acids is 2. The fraction of sp³-hybridized carbons (Fsp3) is 0.643. The van der Waals surface area contributed by atoms with Gasteiger partial charge >= 0.3 is 0 Å². The molecule has 0 saturated heterocycles. The second kappa shape index (κ2) is 6.52. The number of hydrogen-bond donors (Lipinski definition) is 1. The van der Waals surface area contributed by atoms with Crippen molar-refractivity contribution in [3.05, 3.63) is 15.9 Å². The predicted octanol–water partition coefficient (Wildman–Crippen LogP) is 2.38.